The highest BCUT2D eigenvalue weighted by atomic mass is 32.2. The molecule has 1 aromatic rings. The van der Waals surface area contributed by atoms with E-state index < -0.39 is 15.0 Å². The monoisotopic (exact) mass is 428 g/mol. The molecule has 0 radical (unpaired) electrons. The molecule has 0 aliphatic carbocycles. The molecule has 0 aliphatic rings. The van der Waals surface area contributed by atoms with Crippen LogP contribution in [0.2, 0.25) is 0 Å². The van der Waals surface area contributed by atoms with Crippen molar-refractivity contribution >= 4 is 10.1 Å². The number of hydrogen-bond donors (Lipinski definition) is 3. The number of phenolic OH excluding ortho intramolecular Hbond substituents is 2. The smallest absolute Gasteiger partial charge is 0.294 e. The van der Waals surface area contributed by atoms with E-state index in [1.165, 1.54) is 64.2 Å². The van der Waals surface area contributed by atoms with Crippen LogP contribution in [0, 0.1) is 5.92 Å². The molecule has 1 aromatic carbocycles. The third-order valence-corrected chi connectivity index (χ3v) is 6.26. The zero-order valence-electron chi connectivity index (χ0n) is 18.2. The van der Waals surface area contributed by atoms with Crippen LogP contribution in [-0.2, 0) is 16.5 Å². The van der Waals surface area contributed by atoms with Gasteiger partial charge in [-0.05, 0) is 18.8 Å². The molecular weight excluding hydrogens is 388 g/mol. The molecular formula is C23H40O5S. The van der Waals surface area contributed by atoms with Crippen molar-refractivity contribution in [2.75, 3.05) is 0 Å². The summed E-state index contributed by atoms with van der Waals surface area (Å²) in [6.07, 6.45) is 16.7. The topological polar surface area (TPSA) is 94.8 Å². The number of rotatable bonds is 16. The second-order valence-corrected chi connectivity index (χ2v) is 10.0. The van der Waals surface area contributed by atoms with Crippen molar-refractivity contribution in [1.82, 2.24) is 0 Å². The molecule has 6 heteroatoms. The zero-order valence-corrected chi connectivity index (χ0v) is 19.0. The molecule has 0 saturated carbocycles. The molecule has 0 amide bonds. The van der Waals surface area contributed by atoms with E-state index in [2.05, 4.69) is 13.8 Å². The Morgan fingerprint density at radius 2 is 1.10 bits per heavy atom. The average molecular weight is 429 g/mol. The second-order valence-electron chi connectivity index (χ2n) is 8.59. The van der Waals surface area contributed by atoms with Gasteiger partial charge in [-0.2, -0.15) is 8.42 Å². The molecule has 0 aliphatic heterocycles. The van der Waals surface area contributed by atoms with E-state index >= 15 is 0 Å². The predicted octanol–water partition coefficient (Wildman–Crippen LogP) is 6.61. The molecule has 0 heterocycles. The highest BCUT2D eigenvalue weighted by molar-refractivity contribution is 7.85. The van der Waals surface area contributed by atoms with Gasteiger partial charge >= 0.3 is 0 Å². The van der Waals surface area contributed by atoms with Crippen molar-refractivity contribution in [3.63, 3.8) is 0 Å². The molecule has 3 N–H and O–H groups in total. The number of unbranched alkanes of at least 4 members (excludes halogenated alkanes) is 11. The standard InChI is InChI=1S/C23H40O5S/c1-19(2)15-13-11-9-7-5-3-4-6-8-10-12-14-16-21-22(24)17-20(18-23(21)25)29(26,27)28/h17-19,24-25H,3-16H2,1-2H3,(H,26,27,28). The van der Waals surface area contributed by atoms with Crippen molar-refractivity contribution in [2.45, 2.75) is 109 Å². The summed E-state index contributed by atoms with van der Waals surface area (Å²) >= 11 is 0. The van der Waals surface area contributed by atoms with Crippen molar-refractivity contribution in [1.29, 1.82) is 0 Å². The maximum atomic E-state index is 11.1. The maximum Gasteiger partial charge on any atom is 0.294 e. The Labute approximate surface area is 177 Å². The first-order valence-corrected chi connectivity index (χ1v) is 12.7. The Morgan fingerprint density at radius 1 is 0.724 bits per heavy atom. The summed E-state index contributed by atoms with van der Waals surface area (Å²) in [6, 6.07) is 1.96. The van der Waals surface area contributed by atoms with Gasteiger partial charge in [0, 0.05) is 17.7 Å². The molecule has 0 saturated heterocycles. The molecule has 168 valence electrons. The van der Waals surface area contributed by atoms with Gasteiger partial charge in [0.25, 0.3) is 10.1 Å². The molecule has 1 rings (SSSR count). The molecule has 0 fully saturated rings. The number of aromatic hydroxyl groups is 2. The fraction of sp³-hybridized carbons (Fsp3) is 0.739. The number of phenols is 2. The van der Waals surface area contributed by atoms with Crippen molar-refractivity contribution in [3.8, 4) is 11.5 Å². The first-order chi connectivity index (χ1) is 13.7. The highest BCUT2D eigenvalue weighted by Gasteiger charge is 2.16. The van der Waals surface area contributed by atoms with E-state index in [0.717, 1.165) is 37.3 Å². The van der Waals surface area contributed by atoms with Crippen LogP contribution < -0.4 is 0 Å². The lowest BCUT2D eigenvalue weighted by atomic mass is 10.0. The molecule has 0 atom stereocenters. The van der Waals surface area contributed by atoms with Crippen LogP contribution in [0.25, 0.3) is 0 Å². The van der Waals surface area contributed by atoms with Crippen molar-refractivity contribution in [2.24, 2.45) is 5.92 Å². The van der Waals surface area contributed by atoms with E-state index in [1.54, 1.807) is 0 Å². The summed E-state index contributed by atoms with van der Waals surface area (Å²) in [6.45, 7) is 4.58. The summed E-state index contributed by atoms with van der Waals surface area (Å²) in [5.74, 6) is 0.251. The fourth-order valence-corrected chi connectivity index (χ4v) is 4.16. The van der Waals surface area contributed by atoms with E-state index in [4.69, 9.17) is 4.55 Å². The SMILES string of the molecule is CC(C)CCCCCCCCCCCCCCc1c(O)cc(S(=O)(=O)O)cc1O. The van der Waals surface area contributed by atoms with Crippen LogP contribution in [0.15, 0.2) is 17.0 Å². The van der Waals surface area contributed by atoms with Crippen LogP contribution >= 0.6 is 0 Å². The summed E-state index contributed by atoms with van der Waals surface area (Å²) in [7, 11) is -4.44. The first kappa shape index (κ1) is 25.8. The Hall–Kier alpha value is -1.27. The van der Waals surface area contributed by atoms with E-state index in [9.17, 15) is 18.6 Å². The van der Waals surface area contributed by atoms with Gasteiger partial charge in [0.1, 0.15) is 16.4 Å². The van der Waals surface area contributed by atoms with Gasteiger partial charge in [0.15, 0.2) is 0 Å². The highest BCUT2D eigenvalue weighted by Crippen LogP contribution is 2.32. The van der Waals surface area contributed by atoms with E-state index in [0.29, 0.717) is 12.0 Å². The third-order valence-electron chi connectivity index (χ3n) is 5.43. The summed E-state index contributed by atoms with van der Waals surface area (Å²) in [5.41, 5.74) is 0.339. The van der Waals surface area contributed by atoms with Crippen LogP contribution in [0.4, 0.5) is 0 Å². The quantitative estimate of drug-likeness (QED) is 0.203. The minimum Gasteiger partial charge on any atom is -0.507 e. The minimum atomic E-state index is -4.44. The molecule has 5 nitrogen and oxygen atoms in total. The van der Waals surface area contributed by atoms with Gasteiger partial charge in [-0.3, -0.25) is 4.55 Å². The Kier molecular flexibility index (Phi) is 12.3. The normalized spacial score (nSPS) is 12.0. The van der Waals surface area contributed by atoms with Gasteiger partial charge in [-0.15, -0.1) is 0 Å². The van der Waals surface area contributed by atoms with Crippen LogP contribution in [0.3, 0.4) is 0 Å². The average Bonchev–Trinajstić information content (AvgIpc) is 2.62. The molecule has 29 heavy (non-hydrogen) atoms. The Balaban J connectivity index is 2.05. The fourth-order valence-electron chi connectivity index (χ4n) is 3.64. The maximum absolute atomic E-state index is 11.1. The van der Waals surface area contributed by atoms with E-state index in [1.807, 2.05) is 0 Å². The largest absolute Gasteiger partial charge is 0.507 e. The van der Waals surface area contributed by atoms with Crippen molar-refractivity contribution in [3.05, 3.63) is 17.7 Å². The summed E-state index contributed by atoms with van der Waals surface area (Å²) in [4.78, 5) is -0.494. The number of benzene rings is 1. The van der Waals surface area contributed by atoms with Gasteiger partial charge in [-0.1, -0.05) is 90.9 Å². The lowest BCUT2D eigenvalue weighted by Gasteiger charge is -2.09. The van der Waals surface area contributed by atoms with Gasteiger partial charge < -0.3 is 10.2 Å². The van der Waals surface area contributed by atoms with Crippen LogP contribution in [-0.4, -0.2) is 23.2 Å². The first-order valence-electron chi connectivity index (χ1n) is 11.2. The Morgan fingerprint density at radius 3 is 1.48 bits per heavy atom. The van der Waals surface area contributed by atoms with Crippen LogP contribution in [0.5, 0.6) is 11.5 Å². The third kappa shape index (κ3) is 11.5. The summed E-state index contributed by atoms with van der Waals surface area (Å²) in [5, 5.41) is 19.8. The van der Waals surface area contributed by atoms with Gasteiger partial charge in [0.05, 0.1) is 0 Å². The zero-order chi connectivity index (χ0) is 21.7. The molecule has 0 spiro atoms. The lowest BCUT2D eigenvalue weighted by Crippen LogP contribution is -1.99. The molecule has 0 bridgehead atoms. The minimum absolute atomic E-state index is 0.290. The molecule has 0 unspecified atom stereocenters. The Bertz CT molecular complexity index is 660. The second kappa shape index (κ2) is 13.9. The summed E-state index contributed by atoms with van der Waals surface area (Å²) < 4.78 is 31.2. The van der Waals surface area contributed by atoms with Crippen molar-refractivity contribution < 1.29 is 23.2 Å². The van der Waals surface area contributed by atoms with Gasteiger partial charge in [0.2, 0.25) is 0 Å². The van der Waals surface area contributed by atoms with Gasteiger partial charge in [-0.25, -0.2) is 0 Å². The van der Waals surface area contributed by atoms with Crippen LogP contribution in [0.1, 0.15) is 103 Å². The predicted molar refractivity (Wildman–Crippen MR) is 118 cm³/mol. The van der Waals surface area contributed by atoms with E-state index in [-0.39, 0.29) is 11.5 Å². The molecule has 0 aromatic heterocycles. The number of hydrogen-bond acceptors (Lipinski definition) is 4. The lowest BCUT2D eigenvalue weighted by molar-refractivity contribution is 0.429.